The van der Waals surface area contributed by atoms with E-state index >= 15 is 0 Å². The van der Waals surface area contributed by atoms with Crippen LogP contribution in [-0.2, 0) is 0 Å². The Morgan fingerprint density at radius 2 is 1.92 bits per heavy atom. The molecular weight excluding hydrogens is 173 g/mol. The zero-order valence-corrected chi connectivity index (χ0v) is 7.16. The van der Waals surface area contributed by atoms with Gasteiger partial charge < -0.3 is 10.0 Å². The van der Waals surface area contributed by atoms with Crippen LogP contribution in [0.2, 0.25) is 0 Å². The number of hydrogen-bond acceptors (Lipinski definition) is 4. The zero-order chi connectivity index (χ0) is 8.81. The summed E-state index contributed by atoms with van der Waals surface area (Å²) in [5.74, 6) is 0. The predicted octanol–water partition coefficient (Wildman–Crippen LogP) is 0.534. The van der Waals surface area contributed by atoms with Gasteiger partial charge in [0.15, 0.2) is 0 Å². The van der Waals surface area contributed by atoms with E-state index in [1.807, 2.05) is 23.7 Å². The lowest BCUT2D eigenvalue weighted by Crippen LogP contribution is -1.75. The van der Waals surface area contributed by atoms with Crippen LogP contribution in [0.3, 0.4) is 0 Å². The van der Waals surface area contributed by atoms with E-state index in [0.717, 1.165) is 5.52 Å². The summed E-state index contributed by atoms with van der Waals surface area (Å²) < 4.78 is 1.26. The number of aromatic nitrogens is 1. The van der Waals surface area contributed by atoms with Crippen LogP contribution >= 0.6 is 11.3 Å². The summed E-state index contributed by atoms with van der Waals surface area (Å²) in [6.07, 6.45) is 0. The second kappa shape index (κ2) is 4.87. The Hall–Kier alpha value is -0.905. The number of fused-ring (bicyclic) bond motifs is 1. The maximum absolute atomic E-state index is 7.12. The predicted molar refractivity (Wildman–Crippen MR) is 51.2 cm³/mol. The summed E-state index contributed by atoms with van der Waals surface area (Å²) in [6.45, 7) is 0. The molecule has 0 unspecified atom stereocenters. The molecule has 1 heterocycles. The fraction of sp³-hybridized carbons (Fsp3) is 0. The number of nitrogens with zero attached hydrogens (tertiary/aromatic N) is 1. The highest BCUT2D eigenvalue weighted by Gasteiger charge is 1.89. The lowest BCUT2D eigenvalue weighted by atomic mass is 10.3. The van der Waals surface area contributed by atoms with Gasteiger partial charge in [-0.3, -0.25) is 0 Å². The van der Waals surface area contributed by atoms with Gasteiger partial charge in [0.2, 0.25) is 0 Å². The molecule has 0 amide bonds. The van der Waals surface area contributed by atoms with Crippen LogP contribution in [0.5, 0.6) is 0 Å². The van der Waals surface area contributed by atoms with Crippen molar-refractivity contribution in [1.82, 2.24) is 4.98 Å². The van der Waals surface area contributed by atoms with Gasteiger partial charge in [0.1, 0.15) is 0 Å². The molecule has 5 heteroatoms. The van der Waals surface area contributed by atoms with Gasteiger partial charge in [0.05, 0.1) is 15.7 Å². The van der Waals surface area contributed by atoms with E-state index in [1.165, 1.54) is 4.70 Å². The van der Waals surface area contributed by atoms with Gasteiger partial charge in [0, 0.05) is 0 Å². The summed E-state index contributed by atoms with van der Waals surface area (Å²) >= 11 is 1.68. The molecule has 3 nitrogen and oxygen atoms in total. The third-order valence-corrected chi connectivity index (χ3v) is 2.05. The molecule has 1 aromatic carbocycles. The topological polar surface area (TPSA) is 53.4 Å². The Morgan fingerprint density at radius 3 is 2.58 bits per heavy atom. The van der Waals surface area contributed by atoms with E-state index in [1.54, 1.807) is 11.3 Å². The Balaban J connectivity index is 0.000000213. The minimum absolute atomic E-state index is 0.750. The molecule has 0 spiro atoms. The molecule has 0 aliphatic rings. The highest BCUT2D eigenvalue weighted by atomic mass is 32.1. The number of benzene rings is 1. The van der Waals surface area contributed by atoms with Gasteiger partial charge in [-0.05, 0) is 12.1 Å². The van der Waals surface area contributed by atoms with Crippen molar-refractivity contribution in [2.24, 2.45) is 0 Å². The number of rotatable bonds is 0. The first-order chi connectivity index (χ1) is 5.88. The van der Waals surface area contributed by atoms with Crippen LogP contribution in [0, 0.1) is 0 Å². The molecule has 0 radical (unpaired) electrons. The molecule has 0 saturated heterocycles. The fourth-order valence-corrected chi connectivity index (χ4v) is 1.48. The minimum atomic E-state index is -0.750. The highest BCUT2D eigenvalue weighted by molar-refractivity contribution is 7.16. The largest absolute Gasteiger partial charge is 0.432 e. The van der Waals surface area contributed by atoms with E-state index in [-0.39, 0.29) is 0 Å². The molecular formula is C7H8BNO2S. The van der Waals surface area contributed by atoms with Crippen molar-refractivity contribution in [3.8, 4) is 0 Å². The van der Waals surface area contributed by atoms with Gasteiger partial charge in [-0.2, -0.15) is 0 Å². The summed E-state index contributed by atoms with van der Waals surface area (Å²) in [5, 5.41) is 14.2. The van der Waals surface area contributed by atoms with Crippen molar-refractivity contribution in [1.29, 1.82) is 0 Å². The van der Waals surface area contributed by atoms with Gasteiger partial charge in [-0.25, -0.2) is 4.98 Å². The molecule has 2 aromatic rings. The first-order valence-electron chi connectivity index (χ1n) is 3.38. The van der Waals surface area contributed by atoms with Gasteiger partial charge in [-0.15, -0.1) is 11.3 Å². The summed E-state index contributed by atoms with van der Waals surface area (Å²) in [4.78, 5) is 4.14. The van der Waals surface area contributed by atoms with E-state index in [0.29, 0.717) is 0 Å². The first kappa shape index (κ1) is 9.19. The zero-order valence-electron chi connectivity index (χ0n) is 6.34. The highest BCUT2D eigenvalue weighted by Crippen LogP contribution is 2.15. The number of thiazole rings is 1. The molecule has 0 atom stereocenters. The second-order valence-corrected chi connectivity index (χ2v) is 2.85. The average Bonchev–Trinajstić information content (AvgIpc) is 2.52. The van der Waals surface area contributed by atoms with Crippen molar-refractivity contribution in [2.45, 2.75) is 0 Å². The summed E-state index contributed by atoms with van der Waals surface area (Å²) in [6, 6.07) is 8.13. The third-order valence-electron chi connectivity index (χ3n) is 1.24. The minimum Gasteiger partial charge on any atom is -0.430 e. The summed E-state index contributed by atoms with van der Waals surface area (Å²) in [7, 11) is -0.750. The SMILES string of the molecule is OBO.c1ccc2scnc2c1. The number of para-hydroxylation sites is 1. The lowest BCUT2D eigenvalue weighted by molar-refractivity contribution is 0.448. The molecule has 12 heavy (non-hydrogen) atoms. The maximum atomic E-state index is 7.12. The van der Waals surface area contributed by atoms with Crippen LogP contribution in [0.25, 0.3) is 10.2 Å². The smallest absolute Gasteiger partial charge is 0.430 e. The van der Waals surface area contributed by atoms with Gasteiger partial charge in [-0.1, -0.05) is 12.1 Å². The molecule has 1 aromatic heterocycles. The molecule has 62 valence electrons. The maximum Gasteiger partial charge on any atom is 0.432 e. The Morgan fingerprint density at radius 1 is 1.25 bits per heavy atom. The van der Waals surface area contributed by atoms with Crippen molar-refractivity contribution in [3.63, 3.8) is 0 Å². The Kier molecular flexibility index (Phi) is 3.73. The van der Waals surface area contributed by atoms with Crippen LogP contribution in [-0.4, -0.2) is 22.7 Å². The quantitative estimate of drug-likeness (QED) is 0.583. The molecule has 2 N–H and O–H groups in total. The standard InChI is InChI=1S/C7H5NS.BH3O2/c1-2-4-7-6(3-1)8-5-9-7;2-1-3/h1-5H;1-3H. The van der Waals surface area contributed by atoms with Crippen molar-refractivity contribution >= 4 is 29.2 Å². The lowest BCUT2D eigenvalue weighted by Gasteiger charge is -1.80. The first-order valence-corrected chi connectivity index (χ1v) is 4.26. The molecule has 0 aliphatic heterocycles. The normalized spacial score (nSPS) is 8.83. The Bertz CT molecular complexity index is 308. The summed E-state index contributed by atoms with van der Waals surface area (Å²) in [5.41, 5.74) is 2.97. The van der Waals surface area contributed by atoms with E-state index in [9.17, 15) is 0 Å². The molecule has 0 aliphatic carbocycles. The fourth-order valence-electron chi connectivity index (χ4n) is 0.803. The molecule has 0 fully saturated rings. The monoisotopic (exact) mass is 181 g/mol. The second-order valence-electron chi connectivity index (χ2n) is 1.96. The average molecular weight is 181 g/mol. The molecule has 0 bridgehead atoms. The van der Waals surface area contributed by atoms with Crippen LogP contribution in [0.1, 0.15) is 0 Å². The van der Waals surface area contributed by atoms with Crippen LogP contribution in [0.4, 0.5) is 0 Å². The van der Waals surface area contributed by atoms with Crippen molar-refractivity contribution < 1.29 is 10.0 Å². The van der Waals surface area contributed by atoms with E-state index in [2.05, 4.69) is 11.1 Å². The number of hydrogen-bond donors (Lipinski definition) is 2. The van der Waals surface area contributed by atoms with Crippen molar-refractivity contribution in [3.05, 3.63) is 29.8 Å². The van der Waals surface area contributed by atoms with E-state index in [4.69, 9.17) is 10.0 Å². The third kappa shape index (κ3) is 2.30. The van der Waals surface area contributed by atoms with Crippen molar-refractivity contribution in [2.75, 3.05) is 0 Å². The van der Waals surface area contributed by atoms with Crippen LogP contribution in [0.15, 0.2) is 29.8 Å². The van der Waals surface area contributed by atoms with Gasteiger partial charge >= 0.3 is 7.69 Å². The molecule has 2 rings (SSSR count). The molecule has 0 saturated carbocycles. The van der Waals surface area contributed by atoms with Crippen LogP contribution < -0.4 is 0 Å². The van der Waals surface area contributed by atoms with E-state index < -0.39 is 7.69 Å². The van der Waals surface area contributed by atoms with Gasteiger partial charge in [0.25, 0.3) is 0 Å². The Labute approximate surface area is 74.6 Å².